The maximum atomic E-state index is 11.5. The van der Waals surface area contributed by atoms with Crippen LogP contribution in [0.3, 0.4) is 0 Å². The van der Waals surface area contributed by atoms with E-state index in [0.29, 0.717) is 10.7 Å². The molecule has 0 aliphatic carbocycles. The van der Waals surface area contributed by atoms with Gasteiger partial charge in [-0.15, -0.1) is 0 Å². The number of carboxylic acids is 1. The summed E-state index contributed by atoms with van der Waals surface area (Å²) in [5.74, 6) is -1.34. The molecule has 0 aliphatic heterocycles. The number of Topliss-reactive ketones (excluding diaryl/α,β-unsaturated/α-hetero) is 1. The molecule has 0 aromatic carbocycles. The minimum absolute atomic E-state index is 0.0400. The first-order valence-electron chi connectivity index (χ1n) is 6.30. The van der Waals surface area contributed by atoms with E-state index in [9.17, 15) is 19.2 Å². The van der Waals surface area contributed by atoms with E-state index in [4.69, 9.17) is 10.2 Å². The number of aliphatic carboxylic acids is 1. The van der Waals surface area contributed by atoms with Crippen LogP contribution in [0, 0.1) is 0 Å². The van der Waals surface area contributed by atoms with Crippen molar-refractivity contribution in [3.05, 3.63) is 0 Å². The summed E-state index contributed by atoms with van der Waals surface area (Å²) in [6, 6.07) is 0.0595. The predicted molar refractivity (Wildman–Crippen MR) is 77.5 cm³/mol. The van der Waals surface area contributed by atoms with Crippen LogP contribution in [-0.2, 0) is 14.4 Å². The van der Waals surface area contributed by atoms with Gasteiger partial charge in [-0.2, -0.15) is 11.8 Å². The second kappa shape index (κ2) is 10.0. The molecule has 3 N–H and O–H groups in total. The van der Waals surface area contributed by atoms with Gasteiger partial charge in [0.25, 0.3) is 0 Å². The lowest BCUT2D eigenvalue weighted by Gasteiger charge is -2.15. The lowest BCUT2D eigenvalue weighted by atomic mass is 10.3. The van der Waals surface area contributed by atoms with Crippen molar-refractivity contribution < 1.29 is 29.4 Å². The number of hydrogen-bond donors (Lipinski definition) is 3. The fourth-order valence-corrected chi connectivity index (χ4v) is 2.15. The summed E-state index contributed by atoms with van der Waals surface area (Å²) in [4.78, 5) is 44.6. The van der Waals surface area contributed by atoms with Gasteiger partial charge < -0.3 is 15.5 Å². The number of hydrogen-bond acceptors (Lipinski definition) is 5. The van der Waals surface area contributed by atoms with Gasteiger partial charge in [-0.3, -0.25) is 19.3 Å². The quantitative estimate of drug-likeness (QED) is 0.493. The average Bonchev–Trinajstić information content (AvgIpc) is 2.32. The van der Waals surface area contributed by atoms with E-state index >= 15 is 0 Å². The summed E-state index contributed by atoms with van der Waals surface area (Å²) in [5.41, 5.74) is 0. The summed E-state index contributed by atoms with van der Waals surface area (Å²) in [5, 5.41) is 20.0. The molecule has 120 valence electrons. The Labute approximate surface area is 126 Å². The molecule has 0 rings (SSSR count). The van der Waals surface area contributed by atoms with Crippen LogP contribution in [0.25, 0.3) is 0 Å². The first kappa shape index (κ1) is 19.2. The smallest absolute Gasteiger partial charge is 0.408 e. The van der Waals surface area contributed by atoms with Crippen molar-refractivity contribution in [3.8, 4) is 0 Å². The van der Waals surface area contributed by atoms with E-state index in [1.165, 1.54) is 11.8 Å². The van der Waals surface area contributed by atoms with Gasteiger partial charge in [0.05, 0.1) is 12.3 Å². The number of carbonyl (C=O) groups is 4. The van der Waals surface area contributed by atoms with Gasteiger partial charge in [-0.25, -0.2) is 4.79 Å². The topological polar surface area (TPSA) is 124 Å². The Morgan fingerprint density at radius 1 is 1.14 bits per heavy atom. The SMILES string of the molecule is CC(C)NC(=O)CCSCC(=O)CN(CC(=O)O)C(=O)O. The first-order chi connectivity index (χ1) is 9.72. The summed E-state index contributed by atoms with van der Waals surface area (Å²) >= 11 is 1.21. The largest absolute Gasteiger partial charge is 0.480 e. The number of rotatable bonds is 10. The Hall–Kier alpha value is -1.77. The fourth-order valence-electron chi connectivity index (χ4n) is 1.36. The monoisotopic (exact) mass is 320 g/mol. The molecule has 8 nitrogen and oxygen atoms in total. The van der Waals surface area contributed by atoms with Crippen molar-refractivity contribution >= 4 is 35.5 Å². The number of nitrogens with zero attached hydrogens (tertiary/aromatic N) is 1. The molecule has 0 aliphatic rings. The average molecular weight is 320 g/mol. The molecule has 0 saturated carbocycles. The third kappa shape index (κ3) is 10.7. The van der Waals surface area contributed by atoms with Gasteiger partial charge in [0.1, 0.15) is 6.54 Å². The first-order valence-corrected chi connectivity index (χ1v) is 7.46. The Kier molecular flexibility index (Phi) is 9.18. The van der Waals surface area contributed by atoms with E-state index < -0.39 is 30.9 Å². The molecule has 2 amide bonds. The third-order valence-electron chi connectivity index (χ3n) is 2.15. The Bertz CT molecular complexity index is 399. The Balaban J connectivity index is 3.95. The van der Waals surface area contributed by atoms with Crippen molar-refractivity contribution in [2.24, 2.45) is 0 Å². The van der Waals surface area contributed by atoms with Gasteiger partial charge >= 0.3 is 12.1 Å². The van der Waals surface area contributed by atoms with Crippen molar-refractivity contribution in [3.63, 3.8) is 0 Å². The highest BCUT2D eigenvalue weighted by molar-refractivity contribution is 7.99. The highest BCUT2D eigenvalue weighted by Crippen LogP contribution is 2.04. The molecular weight excluding hydrogens is 300 g/mol. The maximum Gasteiger partial charge on any atom is 0.408 e. The van der Waals surface area contributed by atoms with E-state index in [0.717, 1.165) is 0 Å². The molecule has 0 saturated heterocycles. The molecule has 0 spiro atoms. The van der Waals surface area contributed by atoms with Crippen LogP contribution in [0.1, 0.15) is 20.3 Å². The van der Waals surface area contributed by atoms with Gasteiger partial charge in [-0.1, -0.05) is 0 Å². The van der Waals surface area contributed by atoms with E-state index in [1.807, 2.05) is 13.8 Å². The van der Waals surface area contributed by atoms with Crippen molar-refractivity contribution in [2.75, 3.05) is 24.6 Å². The summed E-state index contributed by atoms with van der Waals surface area (Å²) in [6.45, 7) is 2.49. The summed E-state index contributed by atoms with van der Waals surface area (Å²) < 4.78 is 0. The lowest BCUT2D eigenvalue weighted by molar-refractivity contribution is -0.138. The van der Waals surface area contributed by atoms with Crippen LogP contribution in [-0.4, -0.2) is 69.5 Å². The molecule has 0 fully saturated rings. The zero-order chi connectivity index (χ0) is 16.4. The maximum absolute atomic E-state index is 11.5. The van der Waals surface area contributed by atoms with E-state index in [-0.39, 0.29) is 24.1 Å². The Morgan fingerprint density at radius 3 is 2.24 bits per heavy atom. The van der Waals surface area contributed by atoms with E-state index in [1.54, 1.807) is 0 Å². The van der Waals surface area contributed by atoms with E-state index in [2.05, 4.69) is 5.32 Å². The lowest BCUT2D eigenvalue weighted by Crippen LogP contribution is -2.39. The second-order valence-corrected chi connectivity index (χ2v) is 5.70. The molecule has 0 heterocycles. The van der Waals surface area contributed by atoms with Crippen molar-refractivity contribution in [1.82, 2.24) is 10.2 Å². The zero-order valence-corrected chi connectivity index (χ0v) is 12.8. The minimum Gasteiger partial charge on any atom is -0.480 e. The normalized spacial score (nSPS) is 10.2. The van der Waals surface area contributed by atoms with Crippen LogP contribution in [0.4, 0.5) is 4.79 Å². The van der Waals surface area contributed by atoms with Crippen LogP contribution in [0.15, 0.2) is 0 Å². The van der Waals surface area contributed by atoms with Crippen LogP contribution in [0.5, 0.6) is 0 Å². The molecular formula is C12H20N2O6S. The molecule has 9 heteroatoms. The number of amides is 2. The van der Waals surface area contributed by atoms with Gasteiger partial charge in [-0.05, 0) is 13.8 Å². The minimum atomic E-state index is -1.45. The summed E-state index contributed by atoms with van der Waals surface area (Å²) in [6.07, 6.45) is -1.18. The summed E-state index contributed by atoms with van der Waals surface area (Å²) in [7, 11) is 0. The molecule has 0 bridgehead atoms. The number of carboxylic acid groups (broad SMARTS) is 2. The van der Waals surface area contributed by atoms with Gasteiger partial charge in [0.2, 0.25) is 5.91 Å². The number of carbonyl (C=O) groups excluding carboxylic acids is 2. The molecule has 0 aromatic heterocycles. The zero-order valence-electron chi connectivity index (χ0n) is 12.0. The van der Waals surface area contributed by atoms with Crippen molar-refractivity contribution in [2.45, 2.75) is 26.3 Å². The standard InChI is InChI=1S/C12H20N2O6S/c1-8(2)13-10(16)3-4-21-7-9(15)5-14(12(19)20)6-11(17)18/h8H,3-7H2,1-2H3,(H,13,16)(H,17,18)(H,19,20). The third-order valence-corrected chi connectivity index (χ3v) is 3.17. The van der Waals surface area contributed by atoms with Gasteiger partial charge in [0, 0.05) is 18.2 Å². The Morgan fingerprint density at radius 2 is 1.76 bits per heavy atom. The predicted octanol–water partition coefficient (Wildman–Crippen LogP) is 0.268. The highest BCUT2D eigenvalue weighted by atomic mass is 32.2. The molecule has 0 radical (unpaired) electrons. The van der Waals surface area contributed by atoms with Crippen LogP contribution >= 0.6 is 11.8 Å². The number of nitrogens with one attached hydrogen (secondary N) is 1. The fraction of sp³-hybridized carbons (Fsp3) is 0.667. The molecule has 21 heavy (non-hydrogen) atoms. The molecule has 0 aromatic rings. The highest BCUT2D eigenvalue weighted by Gasteiger charge is 2.18. The van der Waals surface area contributed by atoms with Gasteiger partial charge in [0.15, 0.2) is 5.78 Å². The number of thioether (sulfide) groups is 1. The molecule has 0 atom stereocenters. The number of ketones is 1. The van der Waals surface area contributed by atoms with Crippen LogP contribution in [0.2, 0.25) is 0 Å². The van der Waals surface area contributed by atoms with Crippen LogP contribution < -0.4 is 5.32 Å². The van der Waals surface area contributed by atoms with Crippen molar-refractivity contribution in [1.29, 1.82) is 0 Å². The molecule has 0 unspecified atom stereocenters. The second-order valence-electron chi connectivity index (χ2n) is 4.60.